The van der Waals surface area contributed by atoms with Gasteiger partial charge < -0.3 is 5.32 Å². The first-order valence-electron chi connectivity index (χ1n) is 11.0. The third-order valence-electron chi connectivity index (χ3n) is 6.32. The summed E-state index contributed by atoms with van der Waals surface area (Å²) >= 11 is 1.63. The van der Waals surface area contributed by atoms with Crippen LogP contribution in [0.2, 0.25) is 0 Å². The van der Waals surface area contributed by atoms with Gasteiger partial charge in [-0.2, -0.15) is 4.98 Å². The number of carbonyl (C=O) groups excluding carboxylic acids is 1. The molecule has 2 aliphatic rings. The van der Waals surface area contributed by atoms with Crippen LogP contribution in [0.3, 0.4) is 0 Å². The summed E-state index contributed by atoms with van der Waals surface area (Å²) < 4.78 is 1.90. The first-order valence-corrected chi connectivity index (χ1v) is 12.0. The Kier molecular flexibility index (Phi) is 5.20. The fourth-order valence-electron chi connectivity index (χ4n) is 4.62. The molecule has 6 heteroatoms. The maximum Gasteiger partial charge on any atom is 0.227 e. The van der Waals surface area contributed by atoms with Crippen LogP contribution in [0.5, 0.6) is 0 Å². The molecule has 0 bridgehead atoms. The lowest BCUT2D eigenvalue weighted by Gasteiger charge is -2.38. The molecule has 2 aromatic carbocycles. The number of benzene rings is 2. The van der Waals surface area contributed by atoms with Crippen LogP contribution in [0.15, 0.2) is 65.0 Å². The van der Waals surface area contributed by atoms with Gasteiger partial charge in [0.2, 0.25) is 11.1 Å². The Balaban J connectivity index is 1.53. The van der Waals surface area contributed by atoms with Gasteiger partial charge in [-0.05, 0) is 42.4 Å². The van der Waals surface area contributed by atoms with Crippen LogP contribution < -0.4 is 5.32 Å². The van der Waals surface area contributed by atoms with E-state index < -0.39 is 0 Å². The van der Waals surface area contributed by atoms with Crippen molar-refractivity contribution < 1.29 is 4.79 Å². The third kappa shape index (κ3) is 3.88. The minimum absolute atomic E-state index is 0.0641. The maximum atomic E-state index is 13.3. The fraction of sp³-hybridized carbons (Fsp3) is 0.346. The normalized spacial score (nSPS) is 19.4. The number of thioether (sulfide) groups is 1. The molecule has 1 aliphatic heterocycles. The van der Waals surface area contributed by atoms with Crippen LogP contribution >= 0.6 is 11.8 Å². The van der Waals surface area contributed by atoms with E-state index in [0.717, 1.165) is 34.2 Å². The van der Waals surface area contributed by atoms with Crippen molar-refractivity contribution in [2.24, 2.45) is 5.41 Å². The summed E-state index contributed by atoms with van der Waals surface area (Å²) in [5, 5.41) is 9.04. The molecule has 2 heterocycles. The number of rotatable bonds is 4. The molecule has 0 unspecified atom stereocenters. The van der Waals surface area contributed by atoms with E-state index in [-0.39, 0.29) is 17.2 Å². The number of allylic oxidation sites excluding steroid dienone is 2. The molecule has 1 aliphatic carbocycles. The van der Waals surface area contributed by atoms with E-state index in [4.69, 9.17) is 10.1 Å². The first kappa shape index (κ1) is 21.0. The van der Waals surface area contributed by atoms with E-state index in [1.807, 2.05) is 4.68 Å². The van der Waals surface area contributed by atoms with Gasteiger partial charge in [-0.1, -0.05) is 79.7 Å². The Morgan fingerprint density at radius 3 is 2.59 bits per heavy atom. The standard InChI is InChI=1S/C26H28N4OS/c1-16-9-11-18(12-10-16)23-22-20(13-26(3,4)14-21(22)31)27-24-28-25(29-30(23)24)32-15-19-8-6-5-7-17(19)2/h5-12,23H,13-15H2,1-4H3,(H,27,28,29)/t23-/m0/s1. The molecule has 1 aromatic heterocycles. The molecule has 1 N–H and O–H groups in total. The largest absolute Gasteiger partial charge is 0.328 e. The predicted molar refractivity (Wildman–Crippen MR) is 129 cm³/mol. The van der Waals surface area contributed by atoms with Crippen molar-refractivity contribution in [3.8, 4) is 0 Å². The van der Waals surface area contributed by atoms with Gasteiger partial charge in [-0.3, -0.25) is 4.79 Å². The molecule has 0 radical (unpaired) electrons. The lowest BCUT2D eigenvalue weighted by atomic mass is 9.73. The number of aryl methyl sites for hydroxylation is 2. The summed E-state index contributed by atoms with van der Waals surface area (Å²) in [4.78, 5) is 18.1. The van der Waals surface area contributed by atoms with Crippen LogP contribution in [-0.2, 0) is 10.5 Å². The van der Waals surface area contributed by atoms with Crippen LogP contribution in [0, 0.1) is 19.3 Å². The summed E-state index contributed by atoms with van der Waals surface area (Å²) in [6.45, 7) is 8.51. The van der Waals surface area contributed by atoms with E-state index in [0.29, 0.717) is 12.4 Å². The fourth-order valence-corrected chi connectivity index (χ4v) is 5.53. The van der Waals surface area contributed by atoms with Gasteiger partial charge in [0.05, 0.1) is 0 Å². The first-order chi connectivity index (χ1) is 15.3. The minimum atomic E-state index is -0.245. The highest BCUT2D eigenvalue weighted by Gasteiger charge is 2.41. The van der Waals surface area contributed by atoms with Crippen molar-refractivity contribution >= 4 is 23.5 Å². The van der Waals surface area contributed by atoms with Crippen LogP contribution in [-0.4, -0.2) is 20.5 Å². The number of Topliss-reactive ketones (excluding diaryl/α,β-unsaturated/α-hetero) is 1. The van der Waals surface area contributed by atoms with E-state index in [2.05, 4.69) is 81.5 Å². The molecule has 5 nitrogen and oxygen atoms in total. The van der Waals surface area contributed by atoms with Crippen LogP contribution in [0.1, 0.15) is 55.0 Å². The van der Waals surface area contributed by atoms with E-state index in [1.165, 1.54) is 16.7 Å². The number of aromatic nitrogens is 3. The third-order valence-corrected chi connectivity index (χ3v) is 7.21. The second-order valence-electron chi connectivity index (χ2n) is 9.65. The number of anilines is 1. The number of nitrogens with one attached hydrogen (secondary N) is 1. The van der Waals surface area contributed by atoms with E-state index >= 15 is 0 Å². The van der Waals surface area contributed by atoms with E-state index in [9.17, 15) is 4.79 Å². The molecular formula is C26H28N4OS. The second kappa shape index (κ2) is 7.93. The monoisotopic (exact) mass is 444 g/mol. The molecule has 164 valence electrons. The summed E-state index contributed by atoms with van der Waals surface area (Å²) in [6, 6.07) is 16.6. The molecule has 5 rings (SSSR count). The van der Waals surface area contributed by atoms with Crippen molar-refractivity contribution in [1.82, 2.24) is 14.8 Å². The zero-order valence-electron chi connectivity index (χ0n) is 19.0. The zero-order valence-corrected chi connectivity index (χ0v) is 19.8. The predicted octanol–water partition coefficient (Wildman–Crippen LogP) is 5.85. The van der Waals surface area contributed by atoms with Crippen LogP contribution in [0.25, 0.3) is 0 Å². The van der Waals surface area contributed by atoms with Gasteiger partial charge in [0.25, 0.3) is 0 Å². The minimum Gasteiger partial charge on any atom is -0.328 e. The van der Waals surface area contributed by atoms with Gasteiger partial charge in [-0.15, -0.1) is 5.10 Å². The highest BCUT2D eigenvalue weighted by Crippen LogP contribution is 2.45. The molecule has 0 fully saturated rings. The Morgan fingerprint density at radius 2 is 1.84 bits per heavy atom. The zero-order chi connectivity index (χ0) is 22.5. The number of hydrogen-bond donors (Lipinski definition) is 1. The lowest BCUT2D eigenvalue weighted by molar-refractivity contribution is -0.118. The number of hydrogen-bond acceptors (Lipinski definition) is 5. The number of fused-ring (bicyclic) bond motifs is 1. The molecule has 1 atom stereocenters. The van der Waals surface area contributed by atoms with E-state index in [1.54, 1.807) is 11.8 Å². The molecule has 0 saturated carbocycles. The molecule has 32 heavy (non-hydrogen) atoms. The Hall–Kier alpha value is -2.86. The number of ketones is 1. The summed E-state index contributed by atoms with van der Waals surface area (Å²) in [6.07, 6.45) is 1.38. The van der Waals surface area contributed by atoms with Crippen molar-refractivity contribution in [1.29, 1.82) is 0 Å². The molecule has 0 spiro atoms. The smallest absolute Gasteiger partial charge is 0.227 e. The van der Waals surface area contributed by atoms with Gasteiger partial charge in [0.15, 0.2) is 5.78 Å². The Bertz CT molecular complexity index is 1220. The summed E-state index contributed by atoms with van der Waals surface area (Å²) in [5.74, 6) is 1.72. The lowest BCUT2D eigenvalue weighted by Crippen LogP contribution is -2.36. The molecule has 3 aromatic rings. The average Bonchev–Trinajstić information content (AvgIpc) is 3.14. The maximum absolute atomic E-state index is 13.3. The SMILES string of the molecule is Cc1ccc([C@H]2C3=C(CC(C)(C)CC3=O)Nc3nc(SCc4ccccc4C)nn32)cc1. The molecule has 0 saturated heterocycles. The van der Waals surface area contributed by atoms with Gasteiger partial charge >= 0.3 is 0 Å². The summed E-state index contributed by atoms with van der Waals surface area (Å²) in [7, 11) is 0. The topological polar surface area (TPSA) is 59.8 Å². The quantitative estimate of drug-likeness (QED) is 0.512. The van der Waals surface area contributed by atoms with Crippen molar-refractivity contribution in [2.45, 2.75) is 57.5 Å². The van der Waals surface area contributed by atoms with Gasteiger partial charge in [0, 0.05) is 23.4 Å². The Labute approximate surface area is 193 Å². The van der Waals surface area contributed by atoms with Crippen molar-refractivity contribution in [3.05, 3.63) is 82.1 Å². The van der Waals surface area contributed by atoms with Gasteiger partial charge in [-0.25, -0.2) is 4.68 Å². The van der Waals surface area contributed by atoms with Crippen LogP contribution in [0.4, 0.5) is 5.95 Å². The second-order valence-corrected chi connectivity index (χ2v) is 10.6. The van der Waals surface area contributed by atoms with Gasteiger partial charge in [0.1, 0.15) is 6.04 Å². The highest BCUT2D eigenvalue weighted by atomic mass is 32.2. The van der Waals surface area contributed by atoms with Crippen molar-refractivity contribution in [3.63, 3.8) is 0 Å². The average molecular weight is 445 g/mol. The molecular weight excluding hydrogens is 416 g/mol. The number of carbonyl (C=O) groups is 1. The molecule has 0 amide bonds. The van der Waals surface area contributed by atoms with Crippen molar-refractivity contribution in [2.75, 3.05) is 5.32 Å². The Morgan fingerprint density at radius 1 is 1.09 bits per heavy atom. The highest BCUT2D eigenvalue weighted by molar-refractivity contribution is 7.98. The summed E-state index contributed by atoms with van der Waals surface area (Å²) in [5.41, 5.74) is 6.58. The number of nitrogens with zero attached hydrogens (tertiary/aromatic N) is 3.